The zero-order valence-corrected chi connectivity index (χ0v) is 12.1. The van der Waals surface area contributed by atoms with Gasteiger partial charge in [0.15, 0.2) is 5.76 Å². The molecular weight excluding hydrogens is 264 g/mol. The number of benzene rings is 2. The summed E-state index contributed by atoms with van der Waals surface area (Å²) < 4.78 is 11.3. The Bertz CT molecular complexity index is 799. The lowest BCUT2D eigenvalue weighted by Gasteiger charge is -2.07. The number of fused-ring (bicyclic) bond motifs is 1. The molecule has 0 N–H and O–H groups in total. The second-order valence-corrected chi connectivity index (χ2v) is 4.86. The van der Waals surface area contributed by atoms with Crippen LogP contribution in [0.4, 0.5) is 0 Å². The summed E-state index contributed by atoms with van der Waals surface area (Å²) in [5, 5.41) is 0.937. The van der Waals surface area contributed by atoms with E-state index >= 15 is 0 Å². The summed E-state index contributed by atoms with van der Waals surface area (Å²) in [5.74, 6) is 0.767. The summed E-state index contributed by atoms with van der Waals surface area (Å²) in [7, 11) is 0. The van der Waals surface area contributed by atoms with Gasteiger partial charge in [0.1, 0.15) is 11.3 Å². The number of rotatable bonds is 4. The van der Waals surface area contributed by atoms with Crippen LogP contribution in [-0.4, -0.2) is 12.4 Å². The van der Waals surface area contributed by atoms with E-state index in [1.807, 2.05) is 44.2 Å². The average molecular weight is 280 g/mol. The maximum absolute atomic E-state index is 12.6. The van der Waals surface area contributed by atoms with Crippen molar-refractivity contribution >= 4 is 16.8 Å². The Hall–Kier alpha value is -2.55. The number of ether oxygens (including phenoxy) is 1. The van der Waals surface area contributed by atoms with Crippen molar-refractivity contribution in [1.82, 2.24) is 0 Å². The molecule has 0 aliphatic heterocycles. The molecule has 21 heavy (non-hydrogen) atoms. The molecule has 0 fully saturated rings. The monoisotopic (exact) mass is 280 g/mol. The molecule has 3 heteroatoms. The van der Waals surface area contributed by atoms with Crippen LogP contribution >= 0.6 is 0 Å². The molecule has 106 valence electrons. The molecule has 2 aromatic carbocycles. The number of aryl methyl sites for hydroxylation is 1. The van der Waals surface area contributed by atoms with E-state index < -0.39 is 0 Å². The third-order valence-electron chi connectivity index (χ3n) is 3.40. The van der Waals surface area contributed by atoms with E-state index in [2.05, 4.69) is 0 Å². The highest BCUT2D eigenvalue weighted by atomic mass is 16.5. The highest BCUT2D eigenvalue weighted by Crippen LogP contribution is 2.27. The molecule has 1 heterocycles. The van der Waals surface area contributed by atoms with Crippen LogP contribution in [0.2, 0.25) is 0 Å². The Morgan fingerprint density at radius 2 is 1.95 bits per heavy atom. The molecule has 1 aromatic heterocycles. The molecule has 0 saturated carbocycles. The Morgan fingerprint density at radius 1 is 1.14 bits per heavy atom. The SMILES string of the molecule is CCOc1ccccc1C(=O)c1cc2cccc(C)c2o1. The van der Waals surface area contributed by atoms with Gasteiger partial charge in [-0.1, -0.05) is 30.3 Å². The molecule has 0 aliphatic carbocycles. The number of para-hydroxylation sites is 2. The third-order valence-corrected chi connectivity index (χ3v) is 3.40. The van der Waals surface area contributed by atoms with Gasteiger partial charge in [-0.3, -0.25) is 4.79 Å². The predicted octanol–water partition coefficient (Wildman–Crippen LogP) is 4.37. The largest absolute Gasteiger partial charge is 0.493 e. The topological polar surface area (TPSA) is 39.4 Å². The lowest BCUT2D eigenvalue weighted by atomic mass is 10.1. The molecular formula is C18H16O3. The first-order chi connectivity index (χ1) is 10.2. The molecule has 0 spiro atoms. The first-order valence-electron chi connectivity index (χ1n) is 6.96. The van der Waals surface area contributed by atoms with Gasteiger partial charge in [0.25, 0.3) is 0 Å². The van der Waals surface area contributed by atoms with Gasteiger partial charge in [-0.05, 0) is 37.6 Å². The van der Waals surface area contributed by atoms with Crippen LogP contribution in [0.3, 0.4) is 0 Å². The summed E-state index contributed by atoms with van der Waals surface area (Å²) >= 11 is 0. The fourth-order valence-corrected chi connectivity index (χ4v) is 2.39. The van der Waals surface area contributed by atoms with Crippen LogP contribution < -0.4 is 4.74 Å². The van der Waals surface area contributed by atoms with E-state index in [4.69, 9.17) is 9.15 Å². The van der Waals surface area contributed by atoms with Gasteiger partial charge in [0.05, 0.1) is 12.2 Å². The second-order valence-electron chi connectivity index (χ2n) is 4.86. The van der Waals surface area contributed by atoms with Gasteiger partial charge in [0, 0.05) is 5.39 Å². The smallest absolute Gasteiger partial charge is 0.231 e. The first-order valence-corrected chi connectivity index (χ1v) is 6.96. The number of carbonyl (C=O) groups is 1. The lowest BCUT2D eigenvalue weighted by Crippen LogP contribution is -2.04. The Kier molecular flexibility index (Phi) is 3.48. The number of hydrogen-bond donors (Lipinski definition) is 0. The minimum absolute atomic E-state index is 0.158. The van der Waals surface area contributed by atoms with E-state index in [1.54, 1.807) is 18.2 Å². The minimum Gasteiger partial charge on any atom is -0.493 e. The second kappa shape index (κ2) is 5.44. The molecule has 0 unspecified atom stereocenters. The van der Waals surface area contributed by atoms with Crippen LogP contribution in [0.1, 0.15) is 28.6 Å². The van der Waals surface area contributed by atoms with E-state index in [0.29, 0.717) is 23.7 Å². The van der Waals surface area contributed by atoms with Crippen molar-refractivity contribution in [3.63, 3.8) is 0 Å². The molecule has 0 amide bonds. The van der Waals surface area contributed by atoms with Crippen molar-refractivity contribution in [3.05, 3.63) is 65.4 Å². The van der Waals surface area contributed by atoms with Gasteiger partial charge >= 0.3 is 0 Å². The van der Waals surface area contributed by atoms with Crippen LogP contribution in [0.15, 0.2) is 52.9 Å². The summed E-state index contributed by atoms with van der Waals surface area (Å²) in [5.41, 5.74) is 2.30. The van der Waals surface area contributed by atoms with Crippen molar-refractivity contribution in [2.45, 2.75) is 13.8 Å². The Labute approximate surface area is 123 Å². The van der Waals surface area contributed by atoms with Crippen molar-refractivity contribution in [1.29, 1.82) is 0 Å². The molecule has 3 rings (SSSR count). The molecule has 0 saturated heterocycles. The van der Waals surface area contributed by atoms with Gasteiger partial charge in [0.2, 0.25) is 5.78 Å². The van der Waals surface area contributed by atoms with Gasteiger partial charge < -0.3 is 9.15 Å². The standard InChI is InChI=1S/C18H16O3/c1-3-20-15-10-5-4-9-14(15)17(19)16-11-13-8-6-7-12(2)18(13)21-16/h4-11H,3H2,1-2H3. The van der Waals surface area contributed by atoms with Crippen LogP contribution in [0.25, 0.3) is 11.0 Å². The molecule has 0 radical (unpaired) electrons. The van der Waals surface area contributed by atoms with Crippen molar-refractivity contribution in [2.24, 2.45) is 0 Å². The maximum Gasteiger partial charge on any atom is 0.231 e. The Morgan fingerprint density at radius 3 is 2.71 bits per heavy atom. The van der Waals surface area contributed by atoms with Crippen LogP contribution in [0.5, 0.6) is 5.75 Å². The highest BCUT2D eigenvalue weighted by Gasteiger charge is 2.18. The fourth-order valence-electron chi connectivity index (χ4n) is 2.39. The van der Waals surface area contributed by atoms with Gasteiger partial charge in [-0.2, -0.15) is 0 Å². The summed E-state index contributed by atoms with van der Waals surface area (Å²) in [4.78, 5) is 12.6. The number of furan rings is 1. The van der Waals surface area contributed by atoms with Crippen LogP contribution in [0, 0.1) is 6.92 Å². The number of hydrogen-bond acceptors (Lipinski definition) is 3. The molecule has 3 nitrogen and oxygen atoms in total. The van der Waals surface area contributed by atoms with Crippen molar-refractivity contribution in [2.75, 3.05) is 6.61 Å². The van der Waals surface area contributed by atoms with E-state index in [-0.39, 0.29) is 5.78 Å². The number of carbonyl (C=O) groups excluding carboxylic acids is 1. The summed E-state index contributed by atoms with van der Waals surface area (Å²) in [6, 6.07) is 14.9. The van der Waals surface area contributed by atoms with Crippen molar-refractivity contribution < 1.29 is 13.9 Å². The summed E-state index contributed by atoms with van der Waals surface area (Å²) in [6.45, 7) is 4.38. The highest BCUT2D eigenvalue weighted by molar-refractivity contribution is 6.10. The predicted molar refractivity (Wildman–Crippen MR) is 82.0 cm³/mol. The fraction of sp³-hybridized carbons (Fsp3) is 0.167. The quantitative estimate of drug-likeness (QED) is 0.666. The summed E-state index contributed by atoms with van der Waals surface area (Å²) in [6.07, 6.45) is 0. The van der Waals surface area contributed by atoms with Crippen molar-refractivity contribution in [3.8, 4) is 5.75 Å². The van der Waals surface area contributed by atoms with E-state index in [1.165, 1.54) is 0 Å². The first kappa shape index (κ1) is 13.4. The normalized spacial score (nSPS) is 10.8. The average Bonchev–Trinajstić information content (AvgIpc) is 2.93. The molecule has 0 aliphatic rings. The zero-order chi connectivity index (χ0) is 14.8. The van der Waals surface area contributed by atoms with Gasteiger partial charge in [-0.15, -0.1) is 0 Å². The van der Waals surface area contributed by atoms with Gasteiger partial charge in [-0.25, -0.2) is 0 Å². The molecule has 0 atom stereocenters. The number of ketones is 1. The third kappa shape index (κ3) is 2.42. The molecule has 0 bridgehead atoms. The zero-order valence-electron chi connectivity index (χ0n) is 12.1. The Balaban J connectivity index is 2.06. The van der Waals surface area contributed by atoms with E-state index in [0.717, 1.165) is 16.5 Å². The van der Waals surface area contributed by atoms with Crippen LogP contribution in [-0.2, 0) is 0 Å². The van der Waals surface area contributed by atoms with E-state index in [9.17, 15) is 4.79 Å². The minimum atomic E-state index is -0.158. The molecule has 3 aromatic rings. The lowest BCUT2D eigenvalue weighted by molar-refractivity contribution is 0.101. The maximum atomic E-state index is 12.6.